The SMILES string of the molecule is Cc1ccc(OCC(=O)NCC(=O)NCCCc2ccccc2)cc1. The molecule has 132 valence electrons. The van der Waals surface area contributed by atoms with E-state index in [1.54, 1.807) is 0 Å². The maximum Gasteiger partial charge on any atom is 0.258 e. The average Bonchev–Trinajstić information content (AvgIpc) is 2.64. The van der Waals surface area contributed by atoms with Crippen LogP contribution in [0.2, 0.25) is 0 Å². The van der Waals surface area contributed by atoms with Gasteiger partial charge >= 0.3 is 0 Å². The van der Waals surface area contributed by atoms with Crippen molar-refractivity contribution < 1.29 is 14.3 Å². The Kier molecular flexibility index (Phi) is 7.50. The van der Waals surface area contributed by atoms with Crippen molar-refractivity contribution in [3.63, 3.8) is 0 Å². The van der Waals surface area contributed by atoms with Crippen LogP contribution in [0, 0.1) is 6.92 Å². The quantitative estimate of drug-likeness (QED) is 0.688. The number of amides is 2. The van der Waals surface area contributed by atoms with Gasteiger partial charge in [0, 0.05) is 6.54 Å². The van der Waals surface area contributed by atoms with Crippen molar-refractivity contribution >= 4 is 11.8 Å². The molecule has 0 heterocycles. The van der Waals surface area contributed by atoms with Gasteiger partial charge in [-0.15, -0.1) is 0 Å². The Morgan fingerprint density at radius 1 is 0.920 bits per heavy atom. The molecule has 2 rings (SSSR count). The van der Waals surface area contributed by atoms with Crippen molar-refractivity contribution in [2.45, 2.75) is 19.8 Å². The molecule has 0 bridgehead atoms. The monoisotopic (exact) mass is 340 g/mol. The zero-order valence-corrected chi connectivity index (χ0v) is 14.5. The topological polar surface area (TPSA) is 67.4 Å². The van der Waals surface area contributed by atoms with Gasteiger partial charge in [0.25, 0.3) is 5.91 Å². The third kappa shape index (κ3) is 7.52. The van der Waals surface area contributed by atoms with E-state index in [-0.39, 0.29) is 25.0 Å². The molecule has 0 aliphatic rings. The first-order chi connectivity index (χ1) is 12.1. The second kappa shape index (κ2) is 10.1. The minimum atomic E-state index is -0.319. The lowest BCUT2D eigenvalue weighted by atomic mass is 10.1. The van der Waals surface area contributed by atoms with E-state index >= 15 is 0 Å². The molecule has 0 fully saturated rings. The van der Waals surface area contributed by atoms with Crippen LogP contribution in [-0.4, -0.2) is 31.5 Å². The summed E-state index contributed by atoms with van der Waals surface area (Å²) in [4.78, 5) is 23.4. The van der Waals surface area contributed by atoms with Crippen LogP contribution in [0.25, 0.3) is 0 Å². The fraction of sp³-hybridized carbons (Fsp3) is 0.300. The summed E-state index contributed by atoms with van der Waals surface area (Å²) in [5.41, 5.74) is 2.37. The summed E-state index contributed by atoms with van der Waals surface area (Å²) in [6, 6.07) is 17.6. The van der Waals surface area contributed by atoms with Gasteiger partial charge in [-0.1, -0.05) is 48.0 Å². The van der Waals surface area contributed by atoms with E-state index in [4.69, 9.17) is 4.74 Å². The predicted molar refractivity (Wildman–Crippen MR) is 97.5 cm³/mol. The van der Waals surface area contributed by atoms with Gasteiger partial charge in [0.2, 0.25) is 5.91 Å². The Morgan fingerprint density at radius 2 is 1.64 bits per heavy atom. The second-order valence-corrected chi connectivity index (χ2v) is 5.82. The molecule has 0 aromatic heterocycles. The molecule has 2 aromatic carbocycles. The number of carbonyl (C=O) groups is 2. The second-order valence-electron chi connectivity index (χ2n) is 5.82. The minimum absolute atomic E-state index is 0.0402. The predicted octanol–water partition coefficient (Wildman–Crippen LogP) is 2.24. The van der Waals surface area contributed by atoms with E-state index in [9.17, 15) is 9.59 Å². The zero-order valence-electron chi connectivity index (χ0n) is 14.5. The lowest BCUT2D eigenvalue weighted by Gasteiger charge is -2.08. The van der Waals surface area contributed by atoms with Crippen molar-refractivity contribution in [2.75, 3.05) is 19.7 Å². The Labute approximate surface area is 148 Å². The smallest absolute Gasteiger partial charge is 0.258 e. The highest BCUT2D eigenvalue weighted by Crippen LogP contribution is 2.10. The minimum Gasteiger partial charge on any atom is -0.484 e. The molecule has 0 saturated carbocycles. The highest BCUT2D eigenvalue weighted by atomic mass is 16.5. The summed E-state index contributed by atoms with van der Waals surface area (Å²) in [5, 5.41) is 5.34. The number of rotatable bonds is 9. The molecule has 0 radical (unpaired) electrons. The van der Waals surface area contributed by atoms with Gasteiger partial charge < -0.3 is 15.4 Å². The van der Waals surface area contributed by atoms with Gasteiger partial charge in [0.15, 0.2) is 6.61 Å². The molecule has 0 atom stereocenters. The van der Waals surface area contributed by atoms with E-state index in [1.807, 2.05) is 49.4 Å². The third-order valence-electron chi connectivity index (χ3n) is 3.64. The van der Waals surface area contributed by atoms with Gasteiger partial charge in [0.1, 0.15) is 5.75 Å². The van der Waals surface area contributed by atoms with Crippen molar-refractivity contribution in [2.24, 2.45) is 0 Å². The molecular weight excluding hydrogens is 316 g/mol. The lowest BCUT2D eigenvalue weighted by molar-refractivity contribution is -0.127. The molecule has 2 aromatic rings. The Morgan fingerprint density at radius 3 is 2.36 bits per heavy atom. The summed E-state index contributed by atoms with van der Waals surface area (Å²) in [6.45, 7) is 2.42. The van der Waals surface area contributed by atoms with Crippen LogP contribution in [0.15, 0.2) is 54.6 Å². The fourth-order valence-corrected chi connectivity index (χ4v) is 2.24. The number of nitrogens with one attached hydrogen (secondary N) is 2. The molecule has 5 nitrogen and oxygen atoms in total. The van der Waals surface area contributed by atoms with Crippen LogP contribution >= 0.6 is 0 Å². The molecular formula is C20H24N2O3. The van der Waals surface area contributed by atoms with Gasteiger partial charge in [0.05, 0.1) is 6.54 Å². The van der Waals surface area contributed by atoms with Crippen molar-refractivity contribution in [1.29, 1.82) is 0 Å². The number of carbonyl (C=O) groups excluding carboxylic acids is 2. The number of hydrogen-bond donors (Lipinski definition) is 2. The first kappa shape index (κ1) is 18.5. The first-order valence-electron chi connectivity index (χ1n) is 8.40. The largest absolute Gasteiger partial charge is 0.484 e. The third-order valence-corrected chi connectivity index (χ3v) is 3.64. The van der Waals surface area contributed by atoms with Crippen LogP contribution in [0.5, 0.6) is 5.75 Å². The standard InChI is InChI=1S/C20H24N2O3/c1-16-9-11-18(12-10-16)25-15-20(24)22-14-19(23)21-13-5-8-17-6-3-2-4-7-17/h2-4,6-7,9-12H,5,8,13-15H2,1H3,(H,21,23)(H,22,24). The summed E-state index contributed by atoms with van der Waals surface area (Å²) in [5.74, 6) is 0.114. The first-order valence-corrected chi connectivity index (χ1v) is 8.40. The molecule has 0 saturated heterocycles. The molecule has 0 aliphatic heterocycles. The maximum absolute atomic E-state index is 11.7. The fourth-order valence-electron chi connectivity index (χ4n) is 2.24. The van der Waals surface area contributed by atoms with E-state index < -0.39 is 0 Å². The maximum atomic E-state index is 11.7. The summed E-state index contributed by atoms with van der Waals surface area (Å²) in [6.07, 6.45) is 1.78. The molecule has 0 aliphatic carbocycles. The summed E-state index contributed by atoms with van der Waals surface area (Å²) < 4.78 is 5.36. The summed E-state index contributed by atoms with van der Waals surface area (Å²) >= 11 is 0. The van der Waals surface area contributed by atoms with Crippen molar-refractivity contribution in [1.82, 2.24) is 10.6 Å². The molecule has 5 heteroatoms. The van der Waals surface area contributed by atoms with Crippen molar-refractivity contribution in [3.8, 4) is 5.75 Å². The highest BCUT2D eigenvalue weighted by Gasteiger charge is 2.06. The number of hydrogen-bond acceptors (Lipinski definition) is 3. The molecule has 0 spiro atoms. The highest BCUT2D eigenvalue weighted by molar-refractivity contribution is 5.85. The van der Waals surface area contributed by atoms with E-state index in [0.29, 0.717) is 12.3 Å². The van der Waals surface area contributed by atoms with Gasteiger partial charge in [-0.2, -0.15) is 0 Å². The molecule has 2 amide bonds. The lowest BCUT2D eigenvalue weighted by Crippen LogP contribution is -2.39. The van der Waals surface area contributed by atoms with Crippen LogP contribution in [-0.2, 0) is 16.0 Å². The Balaban J connectivity index is 1.54. The molecule has 0 unspecified atom stereocenters. The van der Waals surface area contributed by atoms with E-state index in [2.05, 4.69) is 22.8 Å². The number of aryl methyl sites for hydroxylation is 2. The molecule has 2 N–H and O–H groups in total. The van der Waals surface area contributed by atoms with Crippen molar-refractivity contribution in [3.05, 3.63) is 65.7 Å². The Bertz CT molecular complexity index is 669. The Hall–Kier alpha value is -2.82. The van der Waals surface area contributed by atoms with Crippen LogP contribution in [0.4, 0.5) is 0 Å². The zero-order chi connectivity index (χ0) is 17.9. The van der Waals surface area contributed by atoms with Gasteiger partial charge in [-0.05, 0) is 37.5 Å². The normalized spacial score (nSPS) is 10.1. The van der Waals surface area contributed by atoms with Crippen LogP contribution in [0.1, 0.15) is 17.5 Å². The number of benzene rings is 2. The van der Waals surface area contributed by atoms with E-state index in [1.165, 1.54) is 5.56 Å². The molecule has 25 heavy (non-hydrogen) atoms. The summed E-state index contributed by atoms with van der Waals surface area (Å²) in [7, 11) is 0. The van der Waals surface area contributed by atoms with Gasteiger partial charge in [-0.3, -0.25) is 9.59 Å². The van der Waals surface area contributed by atoms with Gasteiger partial charge in [-0.25, -0.2) is 0 Å². The van der Waals surface area contributed by atoms with E-state index in [0.717, 1.165) is 18.4 Å². The van der Waals surface area contributed by atoms with Crippen LogP contribution in [0.3, 0.4) is 0 Å². The average molecular weight is 340 g/mol. The number of ether oxygens (including phenoxy) is 1. The van der Waals surface area contributed by atoms with Crippen LogP contribution < -0.4 is 15.4 Å².